The maximum atomic E-state index is 12.8. The van der Waals surface area contributed by atoms with E-state index in [0.717, 1.165) is 19.3 Å². The molecular weight excluding hydrogens is 254 g/mol. The Morgan fingerprint density at radius 2 is 1.80 bits per heavy atom. The van der Waals surface area contributed by atoms with Crippen LogP contribution in [0.5, 0.6) is 0 Å². The minimum Gasteiger partial charge on any atom is -0.368 e. The molecule has 0 bridgehead atoms. The number of fused-ring (bicyclic) bond motifs is 1. The zero-order valence-electron chi connectivity index (χ0n) is 12.8. The summed E-state index contributed by atoms with van der Waals surface area (Å²) in [5.74, 6) is -0.0954. The molecule has 2 amide bonds. The number of carbonyl (C=O) groups excluding carboxylic acids is 2. The average Bonchev–Trinajstić information content (AvgIpc) is 2.75. The molecular formula is C15H27N3O2. The summed E-state index contributed by atoms with van der Waals surface area (Å²) in [6.07, 6.45) is 5.06. The fourth-order valence-electron chi connectivity index (χ4n) is 3.56. The van der Waals surface area contributed by atoms with Gasteiger partial charge in [-0.2, -0.15) is 0 Å². The number of hydrogen-bond donors (Lipinski definition) is 2. The van der Waals surface area contributed by atoms with E-state index < -0.39 is 18.0 Å². The lowest BCUT2D eigenvalue weighted by atomic mass is 9.83. The zero-order valence-corrected chi connectivity index (χ0v) is 12.8. The van der Waals surface area contributed by atoms with Crippen molar-refractivity contribution < 1.29 is 9.59 Å². The van der Waals surface area contributed by atoms with E-state index >= 15 is 0 Å². The molecule has 1 saturated heterocycles. The Morgan fingerprint density at radius 3 is 2.35 bits per heavy atom. The number of primary amides is 1. The molecule has 1 saturated carbocycles. The largest absolute Gasteiger partial charge is 0.368 e. The predicted molar refractivity (Wildman–Crippen MR) is 77.6 cm³/mol. The fourth-order valence-corrected chi connectivity index (χ4v) is 3.56. The second-order valence-corrected chi connectivity index (χ2v) is 7.35. The first-order valence-corrected chi connectivity index (χ1v) is 7.60. The molecule has 0 spiro atoms. The van der Waals surface area contributed by atoms with Gasteiger partial charge in [-0.15, -0.1) is 0 Å². The van der Waals surface area contributed by atoms with Gasteiger partial charge in [0.1, 0.15) is 6.04 Å². The number of nitrogens with two attached hydrogens (primary N) is 2. The van der Waals surface area contributed by atoms with Gasteiger partial charge in [0.05, 0.1) is 6.04 Å². The molecule has 0 radical (unpaired) electrons. The van der Waals surface area contributed by atoms with Crippen molar-refractivity contribution in [2.45, 2.75) is 71.0 Å². The third-order valence-corrected chi connectivity index (χ3v) is 4.87. The third kappa shape index (κ3) is 2.68. The van der Waals surface area contributed by atoms with Crippen molar-refractivity contribution in [3.8, 4) is 0 Å². The fraction of sp³-hybridized carbons (Fsp3) is 0.867. The predicted octanol–water partition coefficient (Wildman–Crippen LogP) is 1.00. The topological polar surface area (TPSA) is 89.4 Å². The van der Waals surface area contributed by atoms with Gasteiger partial charge in [-0.1, -0.05) is 33.6 Å². The van der Waals surface area contributed by atoms with E-state index in [1.807, 2.05) is 20.8 Å². The van der Waals surface area contributed by atoms with E-state index in [2.05, 4.69) is 0 Å². The van der Waals surface area contributed by atoms with Crippen LogP contribution in [-0.2, 0) is 9.59 Å². The molecule has 1 heterocycles. The molecule has 1 aliphatic carbocycles. The standard InChI is InChI=1S/C15H27N3O2/c1-15(2,3)12(16)14(20)18-10-7-5-4-6-9(10)8-11(18)13(17)19/h9-12H,4-8,16H2,1-3H3,(H2,17,19)/t9?,10?,11-,12?/m0/s1. The van der Waals surface area contributed by atoms with Gasteiger partial charge in [0.25, 0.3) is 0 Å². The van der Waals surface area contributed by atoms with Crippen molar-refractivity contribution >= 4 is 11.8 Å². The maximum Gasteiger partial charge on any atom is 0.240 e. The van der Waals surface area contributed by atoms with E-state index in [4.69, 9.17) is 11.5 Å². The van der Waals surface area contributed by atoms with Gasteiger partial charge in [-0.05, 0) is 30.6 Å². The highest BCUT2D eigenvalue weighted by molar-refractivity contribution is 5.90. The molecule has 20 heavy (non-hydrogen) atoms. The molecule has 2 fully saturated rings. The van der Waals surface area contributed by atoms with Crippen LogP contribution in [0.2, 0.25) is 0 Å². The molecule has 4 atom stereocenters. The Balaban J connectivity index is 2.25. The Hall–Kier alpha value is -1.10. The van der Waals surface area contributed by atoms with Crippen LogP contribution in [0.3, 0.4) is 0 Å². The second-order valence-electron chi connectivity index (χ2n) is 7.35. The Bertz CT molecular complexity index is 402. The number of rotatable bonds is 2. The molecule has 3 unspecified atom stereocenters. The number of carbonyl (C=O) groups is 2. The molecule has 5 nitrogen and oxygen atoms in total. The minimum atomic E-state index is -0.593. The molecule has 0 aromatic rings. The van der Waals surface area contributed by atoms with E-state index in [1.54, 1.807) is 4.90 Å². The van der Waals surface area contributed by atoms with Crippen LogP contribution in [-0.4, -0.2) is 34.8 Å². The molecule has 5 heteroatoms. The Labute approximate surface area is 121 Å². The highest BCUT2D eigenvalue weighted by Crippen LogP contribution is 2.40. The smallest absolute Gasteiger partial charge is 0.240 e. The SMILES string of the molecule is CC(C)(C)C(N)C(=O)N1C2CCCCC2C[C@H]1C(N)=O. The summed E-state index contributed by atoms with van der Waals surface area (Å²) < 4.78 is 0. The third-order valence-electron chi connectivity index (χ3n) is 4.87. The lowest BCUT2D eigenvalue weighted by Gasteiger charge is -2.37. The summed E-state index contributed by atoms with van der Waals surface area (Å²) in [5, 5.41) is 0. The van der Waals surface area contributed by atoms with E-state index in [-0.39, 0.29) is 17.4 Å². The van der Waals surface area contributed by atoms with Gasteiger partial charge in [-0.3, -0.25) is 9.59 Å². The summed E-state index contributed by atoms with van der Waals surface area (Å²) in [7, 11) is 0. The molecule has 2 rings (SSSR count). The van der Waals surface area contributed by atoms with Gasteiger partial charge in [0.15, 0.2) is 0 Å². The van der Waals surface area contributed by atoms with Crippen LogP contribution in [0.4, 0.5) is 0 Å². The average molecular weight is 281 g/mol. The molecule has 0 aromatic carbocycles. The molecule has 2 aliphatic rings. The molecule has 0 aromatic heterocycles. The summed E-state index contributed by atoms with van der Waals surface area (Å²) in [6.45, 7) is 5.84. The van der Waals surface area contributed by atoms with Crippen molar-refractivity contribution in [1.29, 1.82) is 0 Å². The summed E-state index contributed by atoms with van der Waals surface area (Å²) >= 11 is 0. The van der Waals surface area contributed by atoms with E-state index in [0.29, 0.717) is 12.3 Å². The minimum absolute atomic E-state index is 0.115. The van der Waals surface area contributed by atoms with Gasteiger partial charge in [0.2, 0.25) is 11.8 Å². The number of hydrogen-bond acceptors (Lipinski definition) is 3. The second kappa shape index (κ2) is 5.35. The number of likely N-dealkylation sites (tertiary alicyclic amines) is 1. The molecule has 1 aliphatic heterocycles. The summed E-state index contributed by atoms with van der Waals surface area (Å²) in [4.78, 5) is 26.2. The van der Waals surface area contributed by atoms with Crippen LogP contribution < -0.4 is 11.5 Å². The highest BCUT2D eigenvalue weighted by Gasteiger charge is 2.48. The van der Waals surface area contributed by atoms with Crippen molar-refractivity contribution in [3.05, 3.63) is 0 Å². The lowest BCUT2D eigenvalue weighted by molar-refractivity contribution is -0.142. The first-order valence-electron chi connectivity index (χ1n) is 7.60. The van der Waals surface area contributed by atoms with Crippen LogP contribution in [0.15, 0.2) is 0 Å². The van der Waals surface area contributed by atoms with Gasteiger partial charge >= 0.3 is 0 Å². The molecule has 4 N–H and O–H groups in total. The monoisotopic (exact) mass is 281 g/mol. The van der Waals surface area contributed by atoms with Crippen molar-refractivity contribution in [2.24, 2.45) is 22.8 Å². The number of nitrogens with zero attached hydrogens (tertiary/aromatic N) is 1. The first kappa shape index (κ1) is 15.3. The van der Waals surface area contributed by atoms with Crippen molar-refractivity contribution in [2.75, 3.05) is 0 Å². The van der Waals surface area contributed by atoms with Crippen LogP contribution in [0.1, 0.15) is 52.9 Å². The molecule has 114 valence electrons. The van der Waals surface area contributed by atoms with E-state index in [9.17, 15) is 9.59 Å². The van der Waals surface area contributed by atoms with E-state index in [1.165, 1.54) is 6.42 Å². The van der Waals surface area contributed by atoms with Crippen LogP contribution >= 0.6 is 0 Å². The van der Waals surface area contributed by atoms with Crippen molar-refractivity contribution in [3.63, 3.8) is 0 Å². The van der Waals surface area contributed by atoms with Gasteiger partial charge in [-0.25, -0.2) is 0 Å². The maximum absolute atomic E-state index is 12.8. The summed E-state index contributed by atoms with van der Waals surface area (Å²) in [5.41, 5.74) is 11.3. The zero-order chi connectivity index (χ0) is 15.1. The van der Waals surface area contributed by atoms with Crippen molar-refractivity contribution in [1.82, 2.24) is 4.90 Å². The highest BCUT2D eigenvalue weighted by atomic mass is 16.2. The van der Waals surface area contributed by atoms with Gasteiger partial charge in [0, 0.05) is 6.04 Å². The summed E-state index contributed by atoms with van der Waals surface area (Å²) in [6, 6.07) is -0.906. The van der Waals surface area contributed by atoms with Gasteiger partial charge < -0.3 is 16.4 Å². The van der Waals surface area contributed by atoms with Crippen LogP contribution in [0.25, 0.3) is 0 Å². The van der Waals surface area contributed by atoms with Crippen LogP contribution in [0, 0.1) is 11.3 Å². The normalized spacial score (nSPS) is 31.8. The Morgan fingerprint density at radius 1 is 1.20 bits per heavy atom. The Kier molecular flexibility index (Phi) is 4.09. The lowest BCUT2D eigenvalue weighted by Crippen LogP contribution is -2.57. The number of amides is 2. The first-order chi connectivity index (χ1) is 9.23. The quantitative estimate of drug-likeness (QED) is 0.791.